The second kappa shape index (κ2) is 4.42. The number of ether oxygens (including phenoxy) is 1. The van der Waals surface area contributed by atoms with E-state index >= 15 is 0 Å². The van der Waals surface area contributed by atoms with Crippen LogP contribution in [0.4, 0.5) is 5.69 Å². The third-order valence-corrected chi connectivity index (χ3v) is 2.43. The van der Waals surface area contributed by atoms with Crippen LogP contribution in [0.2, 0.25) is 0 Å². The molecule has 3 heteroatoms. The quantitative estimate of drug-likeness (QED) is 0.795. The van der Waals surface area contributed by atoms with E-state index in [2.05, 4.69) is 16.4 Å². The Morgan fingerprint density at radius 3 is 3.21 bits per heavy atom. The van der Waals surface area contributed by atoms with Gasteiger partial charge in [0, 0.05) is 25.5 Å². The van der Waals surface area contributed by atoms with Crippen LogP contribution in [0.1, 0.15) is 18.4 Å². The van der Waals surface area contributed by atoms with Crippen LogP contribution in [0.3, 0.4) is 0 Å². The fourth-order valence-corrected chi connectivity index (χ4v) is 1.69. The van der Waals surface area contributed by atoms with Crippen molar-refractivity contribution in [2.24, 2.45) is 0 Å². The smallest absolute Gasteiger partial charge is 0.0748 e. The number of hydrogen-bond acceptors (Lipinski definition) is 3. The van der Waals surface area contributed by atoms with Crippen LogP contribution in [0.15, 0.2) is 18.5 Å². The first-order chi connectivity index (χ1) is 6.84. The van der Waals surface area contributed by atoms with Crippen molar-refractivity contribution < 1.29 is 4.74 Å². The van der Waals surface area contributed by atoms with Crippen LogP contribution in [0, 0.1) is 6.92 Å². The summed E-state index contributed by atoms with van der Waals surface area (Å²) >= 11 is 0. The SMILES string of the molecule is Cc1cncc(NCC2CCCO2)c1. The first-order valence-electron chi connectivity index (χ1n) is 5.12. The molecule has 1 unspecified atom stereocenters. The van der Waals surface area contributed by atoms with Gasteiger partial charge in [-0.05, 0) is 31.4 Å². The van der Waals surface area contributed by atoms with Gasteiger partial charge in [0.05, 0.1) is 11.8 Å². The summed E-state index contributed by atoms with van der Waals surface area (Å²) < 4.78 is 5.52. The highest BCUT2D eigenvalue weighted by atomic mass is 16.5. The molecule has 3 nitrogen and oxygen atoms in total. The lowest BCUT2D eigenvalue weighted by Gasteiger charge is -2.11. The minimum atomic E-state index is 0.385. The van der Waals surface area contributed by atoms with E-state index in [0.717, 1.165) is 18.8 Å². The average Bonchev–Trinajstić information content (AvgIpc) is 2.67. The average molecular weight is 192 g/mol. The van der Waals surface area contributed by atoms with Gasteiger partial charge in [-0.3, -0.25) is 4.98 Å². The van der Waals surface area contributed by atoms with Crippen molar-refractivity contribution in [3.8, 4) is 0 Å². The molecule has 0 bridgehead atoms. The molecule has 0 aliphatic carbocycles. The standard InChI is InChI=1S/C11H16N2O/c1-9-5-10(7-12-6-9)13-8-11-3-2-4-14-11/h5-7,11,13H,2-4,8H2,1H3. The van der Waals surface area contributed by atoms with Crippen molar-refractivity contribution in [3.63, 3.8) is 0 Å². The predicted octanol–water partition coefficient (Wildman–Crippen LogP) is 1.98. The maximum absolute atomic E-state index is 5.52. The van der Waals surface area contributed by atoms with Gasteiger partial charge < -0.3 is 10.1 Å². The molecule has 2 heterocycles. The van der Waals surface area contributed by atoms with Crippen molar-refractivity contribution in [3.05, 3.63) is 24.0 Å². The molecular weight excluding hydrogens is 176 g/mol. The second-order valence-corrected chi connectivity index (χ2v) is 3.77. The molecule has 1 aliphatic rings. The molecule has 1 aromatic rings. The molecule has 76 valence electrons. The zero-order valence-electron chi connectivity index (χ0n) is 8.49. The van der Waals surface area contributed by atoms with Crippen molar-refractivity contribution in [2.75, 3.05) is 18.5 Å². The first kappa shape index (κ1) is 9.46. The Hall–Kier alpha value is -1.09. The minimum Gasteiger partial charge on any atom is -0.381 e. The zero-order valence-corrected chi connectivity index (χ0v) is 8.49. The fraction of sp³-hybridized carbons (Fsp3) is 0.545. The number of aromatic nitrogens is 1. The van der Waals surface area contributed by atoms with Gasteiger partial charge in [0.2, 0.25) is 0 Å². The van der Waals surface area contributed by atoms with Gasteiger partial charge in [-0.2, -0.15) is 0 Å². The molecule has 1 fully saturated rings. The van der Waals surface area contributed by atoms with Crippen molar-refractivity contribution >= 4 is 5.69 Å². The van der Waals surface area contributed by atoms with Crippen LogP contribution in [-0.4, -0.2) is 24.2 Å². The van der Waals surface area contributed by atoms with E-state index < -0.39 is 0 Å². The van der Waals surface area contributed by atoms with Gasteiger partial charge in [0.15, 0.2) is 0 Å². The number of pyridine rings is 1. The maximum atomic E-state index is 5.52. The predicted molar refractivity (Wildman–Crippen MR) is 56.4 cm³/mol. The van der Waals surface area contributed by atoms with Crippen LogP contribution in [0.5, 0.6) is 0 Å². The molecule has 2 rings (SSSR count). The van der Waals surface area contributed by atoms with E-state index in [0.29, 0.717) is 6.10 Å². The van der Waals surface area contributed by atoms with E-state index in [9.17, 15) is 0 Å². The molecule has 1 atom stereocenters. The van der Waals surface area contributed by atoms with Gasteiger partial charge in [0.1, 0.15) is 0 Å². The zero-order chi connectivity index (χ0) is 9.80. The van der Waals surface area contributed by atoms with Gasteiger partial charge in [-0.25, -0.2) is 0 Å². The number of nitrogens with one attached hydrogen (secondary N) is 1. The minimum absolute atomic E-state index is 0.385. The highest BCUT2D eigenvalue weighted by Gasteiger charge is 2.14. The molecule has 1 N–H and O–H groups in total. The Kier molecular flexibility index (Phi) is 2.99. The van der Waals surface area contributed by atoms with E-state index in [-0.39, 0.29) is 0 Å². The summed E-state index contributed by atoms with van der Waals surface area (Å²) in [4.78, 5) is 4.13. The van der Waals surface area contributed by atoms with Crippen molar-refractivity contribution in [1.29, 1.82) is 0 Å². The van der Waals surface area contributed by atoms with Gasteiger partial charge >= 0.3 is 0 Å². The van der Waals surface area contributed by atoms with Gasteiger partial charge in [-0.1, -0.05) is 0 Å². The molecule has 0 radical (unpaired) electrons. The summed E-state index contributed by atoms with van der Waals surface area (Å²) in [6.07, 6.45) is 6.46. The lowest BCUT2D eigenvalue weighted by Crippen LogP contribution is -2.18. The molecule has 14 heavy (non-hydrogen) atoms. The van der Waals surface area contributed by atoms with E-state index in [1.165, 1.54) is 18.4 Å². The highest BCUT2D eigenvalue weighted by molar-refractivity contribution is 5.42. The number of rotatable bonds is 3. The molecule has 1 saturated heterocycles. The summed E-state index contributed by atoms with van der Waals surface area (Å²) in [6, 6.07) is 2.10. The third-order valence-electron chi connectivity index (χ3n) is 2.43. The summed E-state index contributed by atoms with van der Waals surface area (Å²) in [6.45, 7) is 3.85. The maximum Gasteiger partial charge on any atom is 0.0748 e. The summed E-state index contributed by atoms with van der Waals surface area (Å²) in [5.41, 5.74) is 2.27. The molecule has 1 aromatic heterocycles. The molecule has 0 saturated carbocycles. The Balaban J connectivity index is 1.85. The van der Waals surface area contributed by atoms with E-state index in [1.807, 2.05) is 19.3 Å². The lowest BCUT2D eigenvalue weighted by atomic mass is 10.2. The number of aryl methyl sites for hydroxylation is 1. The molecule has 0 spiro atoms. The lowest BCUT2D eigenvalue weighted by molar-refractivity contribution is 0.120. The molecule has 0 amide bonds. The number of hydrogen-bond donors (Lipinski definition) is 1. The van der Waals surface area contributed by atoms with Crippen LogP contribution in [0.25, 0.3) is 0 Å². The molecule has 1 aliphatic heterocycles. The van der Waals surface area contributed by atoms with Crippen LogP contribution < -0.4 is 5.32 Å². The third kappa shape index (κ3) is 2.45. The first-order valence-corrected chi connectivity index (χ1v) is 5.12. The monoisotopic (exact) mass is 192 g/mol. The van der Waals surface area contributed by atoms with Gasteiger partial charge in [-0.15, -0.1) is 0 Å². The van der Waals surface area contributed by atoms with Gasteiger partial charge in [0.25, 0.3) is 0 Å². The van der Waals surface area contributed by atoms with Crippen molar-refractivity contribution in [2.45, 2.75) is 25.9 Å². The number of nitrogens with zero attached hydrogens (tertiary/aromatic N) is 1. The summed E-state index contributed by atoms with van der Waals surface area (Å²) in [5.74, 6) is 0. The highest BCUT2D eigenvalue weighted by Crippen LogP contribution is 2.13. The normalized spacial score (nSPS) is 21.1. The molecular formula is C11H16N2O. The second-order valence-electron chi connectivity index (χ2n) is 3.77. The Bertz CT molecular complexity index is 295. The largest absolute Gasteiger partial charge is 0.381 e. The number of anilines is 1. The van der Waals surface area contributed by atoms with Crippen LogP contribution in [-0.2, 0) is 4.74 Å². The Morgan fingerprint density at radius 1 is 1.57 bits per heavy atom. The fourth-order valence-electron chi connectivity index (χ4n) is 1.69. The summed E-state index contributed by atoms with van der Waals surface area (Å²) in [5, 5.41) is 3.34. The summed E-state index contributed by atoms with van der Waals surface area (Å²) in [7, 11) is 0. The Morgan fingerprint density at radius 2 is 2.50 bits per heavy atom. The molecule has 0 aromatic carbocycles. The topological polar surface area (TPSA) is 34.2 Å². The Labute approximate surface area is 84.5 Å². The van der Waals surface area contributed by atoms with Crippen LogP contribution >= 0.6 is 0 Å². The van der Waals surface area contributed by atoms with E-state index in [4.69, 9.17) is 4.74 Å². The van der Waals surface area contributed by atoms with Crippen molar-refractivity contribution in [1.82, 2.24) is 4.98 Å². The van der Waals surface area contributed by atoms with E-state index in [1.54, 1.807) is 0 Å².